The third-order valence-corrected chi connectivity index (χ3v) is 7.09. The number of fused-ring (bicyclic) bond motifs is 5. The third-order valence-electron chi connectivity index (χ3n) is 6.86. The molecule has 3 aromatic heterocycles. The highest BCUT2D eigenvalue weighted by atomic mass is 35.5. The Morgan fingerprint density at radius 3 is 2.69 bits per heavy atom. The molecule has 0 saturated heterocycles. The molecule has 1 saturated carbocycles. The molecule has 1 aliphatic heterocycles. The molecule has 0 unspecified atom stereocenters. The SMILES string of the molecule is CN(C)c1ccc(Cc2nnc3n2Cc2c(-c4noc(C5CC5)n4)ncn2-c2ccc(Cl)cc2-3)cc1. The van der Waals surface area contributed by atoms with E-state index in [0.717, 1.165) is 52.7 Å². The van der Waals surface area contributed by atoms with Crippen molar-refractivity contribution in [2.45, 2.75) is 31.7 Å². The van der Waals surface area contributed by atoms with Crippen molar-refractivity contribution >= 4 is 17.3 Å². The molecular weight excluding hydrogens is 476 g/mol. The zero-order chi connectivity index (χ0) is 24.4. The average molecular weight is 499 g/mol. The van der Waals surface area contributed by atoms with Crippen LogP contribution in [0.3, 0.4) is 0 Å². The van der Waals surface area contributed by atoms with Gasteiger partial charge in [0.15, 0.2) is 5.82 Å². The van der Waals surface area contributed by atoms with E-state index < -0.39 is 0 Å². The largest absolute Gasteiger partial charge is 0.378 e. The van der Waals surface area contributed by atoms with Gasteiger partial charge in [-0.2, -0.15) is 4.98 Å². The second-order valence-electron chi connectivity index (χ2n) is 9.57. The van der Waals surface area contributed by atoms with E-state index in [-0.39, 0.29) is 0 Å². The lowest BCUT2D eigenvalue weighted by atomic mass is 10.1. The number of hydrogen-bond acceptors (Lipinski definition) is 7. The Labute approximate surface area is 212 Å². The molecule has 0 spiro atoms. The van der Waals surface area contributed by atoms with E-state index in [2.05, 4.69) is 58.6 Å². The van der Waals surface area contributed by atoms with Gasteiger partial charge in [0.25, 0.3) is 0 Å². The number of halogens is 1. The van der Waals surface area contributed by atoms with E-state index in [1.165, 1.54) is 0 Å². The van der Waals surface area contributed by atoms with Crippen LogP contribution in [0.1, 0.15) is 41.7 Å². The van der Waals surface area contributed by atoms with Gasteiger partial charge >= 0.3 is 0 Å². The quantitative estimate of drug-likeness (QED) is 0.339. The van der Waals surface area contributed by atoms with Crippen LogP contribution in [0.5, 0.6) is 0 Å². The van der Waals surface area contributed by atoms with E-state index in [9.17, 15) is 0 Å². The minimum absolute atomic E-state index is 0.380. The molecule has 0 radical (unpaired) electrons. The van der Waals surface area contributed by atoms with Crippen LogP contribution in [-0.2, 0) is 13.0 Å². The Morgan fingerprint density at radius 2 is 1.92 bits per heavy atom. The minimum atomic E-state index is 0.380. The molecule has 1 fully saturated rings. The molecule has 9 nitrogen and oxygen atoms in total. The van der Waals surface area contributed by atoms with Gasteiger partial charge in [0, 0.05) is 42.7 Å². The van der Waals surface area contributed by atoms with Crippen LogP contribution in [0.15, 0.2) is 53.3 Å². The summed E-state index contributed by atoms with van der Waals surface area (Å²) in [5.41, 5.74) is 5.80. The summed E-state index contributed by atoms with van der Waals surface area (Å²) < 4.78 is 9.75. The molecule has 4 heterocycles. The van der Waals surface area contributed by atoms with Crippen molar-refractivity contribution in [3.63, 3.8) is 0 Å². The van der Waals surface area contributed by atoms with Crippen molar-refractivity contribution in [3.8, 4) is 28.6 Å². The normalized spacial score (nSPS) is 14.2. The first-order valence-corrected chi connectivity index (χ1v) is 12.3. The summed E-state index contributed by atoms with van der Waals surface area (Å²) in [6, 6.07) is 14.3. The second-order valence-corrected chi connectivity index (χ2v) is 10.0. The van der Waals surface area contributed by atoms with Gasteiger partial charge < -0.3 is 14.0 Å². The van der Waals surface area contributed by atoms with Crippen molar-refractivity contribution in [2.24, 2.45) is 0 Å². The van der Waals surface area contributed by atoms with Crippen LogP contribution in [0.2, 0.25) is 5.02 Å². The van der Waals surface area contributed by atoms with Crippen LogP contribution in [0.25, 0.3) is 28.6 Å². The molecule has 10 heteroatoms. The van der Waals surface area contributed by atoms with Crippen LogP contribution >= 0.6 is 11.6 Å². The van der Waals surface area contributed by atoms with E-state index >= 15 is 0 Å². The smallest absolute Gasteiger partial charge is 0.230 e. The van der Waals surface area contributed by atoms with Crippen molar-refractivity contribution in [1.29, 1.82) is 0 Å². The topological polar surface area (TPSA) is 90.7 Å². The predicted molar refractivity (Wildman–Crippen MR) is 136 cm³/mol. The highest BCUT2D eigenvalue weighted by molar-refractivity contribution is 6.31. The summed E-state index contributed by atoms with van der Waals surface area (Å²) in [6.07, 6.45) is 4.65. The van der Waals surface area contributed by atoms with Crippen LogP contribution < -0.4 is 4.90 Å². The average Bonchev–Trinajstić information content (AvgIpc) is 3.31. The Kier molecular flexibility index (Phi) is 4.75. The molecular formula is C26H23ClN8O. The predicted octanol–water partition coefficient (Wildman–Crippen LogP) is 4.73. The first-order valence-electron chi connectivity index (χ1n) is 11.9. The maximum Gasteiger partial charge on any atom is 0.230 e. The highest BCUT2D eigenvalue weighted by Gasteiger charge is 2.32. The van der Waals surface area contributed by atoms with Crippen molar-refractivity contribution in [3.05, 3.63) is 76.8 Å². The second kappa shape index (κ2) is 8.03. The van der Waals surface area contributed by atoms with Crippen LogP contribution in [0.4, 0.5) is 5.69 Å². The maximum absolute atomic E-state index is 6.42. The van der Waals surface area contributed by atoms with Gasteiger partial charge in [0.1, 0.15) is 17.8 Å². The summed E-state index contributed by atoms with van der Waals surface area (Å²) in [6.45, 7) is 0.516. The van der Waals surface area contributed by atoms with Gasteiger partial charge in [0.2, 0.25) is 11.7 Å². The van der Waals surface area contributed by atoms with Gasteiger partial charge in [-0.15, -0.1) is 10.2 Å². The first-order chi connectivity index (χ1) is 17.5. The fourth-order valence-electron chi connectivity index (χ4n) is 4.72. The van der Waals surface area contributed by atoms with Crippen molar-refractivity contribution < 1.29 is 4.52 Å². The van der Waals surface area contributed by atoms with Gasteiger partial charge in [-0.25, -0.2) is 4.98 Å². The Balaban J connectivity index is 1.34. The van der Waals surface area contributed by atoms with E-state index in [4.69, 9.17) is 21.1 Å². The summed E-state index contributed by atoms with van der Waals surface area (Å²) in [4.78, 5) is 11.5. The van der Waals surface area contributed by atoms with Crippen molar-refractivity contribution in [2.75, 3.05) is 19.0 Å². The lowest BCUT2D eigenvalue weighted by molar-refractivity contribution is 0.380. The summed E-state index contributed by atoms with van der Waals surface area (Å²) in [5.74, 6) is 3.22. The lowest BCUT2D eigenvalue weighted by Gasteiger charge is -2.13. The van der Waals surface area contributed by atoms with Gasteiger partial charge in [-0.05, 0) is 48.7 Å². The van der Waals surface area contributed by atoms with Crippen molar-refractivity contribution in [1.82, 2.24) is 34.5 Å². The Bertz CT molecular complexity index is 1590. The number of aromatic nitrogens is 7. The molecule has 180 valence electrons. The number of anilines is 1. The maximum atomic E-state index is 6.42. The Morgan fingerprint density at radius 1 is 1.08 bits per heavy atom. The monoisotopic (exact) mass is 498 g/mol. The Hall–Kier alpha value is -3.98. The van der Waals surface area contributed by atoms with Gasteiger partial charge in [0.05, 0.1) is 17.9 Å². The molecule has 5 aromatic rings. The molecule has 36 heavy (non-hydrogen) atoms. The van der Waals surface area contributed by atoms with Gasteiger partial charge in [-0.1, -0.05) is 28.9 Å². The number of benzene rings is 2. The van der Waals surface area contributed by atoms with E-state index in [1.807, 2.05) is 38.6 Å². The van der Waals surface area contributed by atoms with E-state index in [1.54, 1.807) is 0 Å². The molecule has 0 atom stereocenters. The number of imidazole rings is 1. The molecule has 1 aliphatic carbocycles. The zero-order valence-corrected chi connectivity index (χ0v) is 20.6. The highest BCUT2D eigenvalue weighted by Crippen LogP contribution is 2.40. The summed E-state index contributed by atoms with van der Waals surface area (Å²) >= 11 is 6.42. The lowest BCUT2D eigenvalue weighted by Crippen LogP contribution is -2.10. The number of rotatable bonds is 5. The fraction of sp³-hybridized carbons (Fsp3) is 0.269. The van der Waals surface area contributed by atoms with Gasteiger partial charge in [-0.3, -0.25) is 4.57 Å². The molecule has 0 bridgehead atoms. The zero-order valence-electron chi connectivity index (χ0n) is 19.9. The van der Waals surface area contributed by atoms with E-state index in [0.29, 0.717) is 41.3 Å². The summed E-state index contributed by atoms with van der Waals surface area (Å²) in [7, 11) is 4.07. The molecule has 0 N–H and O–H groups in total. The van der Waals surface area contributed by atoms with Crippen LogP contribution in [-0.4, -0.2) is 48.6 Å². The molecule has 2 aromatic carbocycles. The number of hydrogen-bond donors (Lipinski definition) is 0. The third kappa shape index (κ3) is 3.50. The fourth-order valence-corrected chi connectivity index (χ4v) is 4.89. The molecule has 7 rings (SSSR count). The summed E-state index contributed by atoms with van der Waals surface area (Å²) in [5, 5.41) is 14.1. The minimum Gasteiger partial charge on any atom is -0.378 e. The molecule has 0 amide bonds. The standard InChI is InChI=1S/C26H23ClN8O/c1-33(2)18-8-3-15(4-9-18)11-22-30-31-25-19-12-17(27)7-10-20(19)35-14-28-23(21(35)13-34(22)25)24-29-26(36-32-24)16-5-6-16/h3-4,7-10,12,14,16H,5-6,11,13H2,1-2H3. The molecule has 2 aliphatic rings. The van der Waals surface area contributed by atoms with Crippen LogP contribution in [0, 0.1) is 0 Å². The number of nitrogens with zero attached hydrogens (tertiary/aromatic N) is 8. The first kappa shape index (κ1) is 21.3.